The number of nitrogens with zero attached hydrogens (tertiary/aromatic N) is 3. The lowest BCUT2D eigenvalue weighted by Crippen LogP contribution is -2.43. The number of rotatable bonds is 5. The molecule has 0 unspecified atom stereocenters. The highest BCUT2D eigenvalue weighted by molar-refractivity contribution is 5.96. The molecule has 3 aromatic rings. The van der Waals surface area contributed by atoms with Crippen LogP contribution in [0.15, 0.2) is 54.9 Å². The molecule has 0 saturated carbocycles. The largest absolute Gasteiger partial charge is 0.369 e. The van der Waals surface area contributed by atoms with Gasteiger partial charge in [-0.1, -0.05) is 24.3 Å². The van der Waals surface area contributed by atoms with Crippen LogP contribution < -0.4 is 15.5 Å². The number of piperazine rings is 1. The molecule has 1 fully saturated rings. The van der Waals surface area contributed by atoms with Gasteiger partial charge < -0.3 is 15.5 Å². The SMILES string of the molecule is Cc1ccc(N2CCNCC2)cc1C(=O)N[C@H](C)c1cccc(-c2cnn(C)c2)c1. The summed E-state index contributed by atoms with van der Waals surface area (Å²) in [5.74, 6) is -0.0382. The molecule has 2 aromatic carbocycles. The molecule has 0 spiro atoms. The molecule has 2 N–H and O–H groups in total. The van der Waals surface area contributed by atoms with Crippen LogP contribution in [0.2, 0.25) is 0 Å². The number of hydrogen-bond acceptors (Lipinski definition) is 4. The Hall–Kier alpha value is -3.12. The Morgan fingerprint density at radius 3 is 2.67 bits per heavy atom. The summed E-state index contributed by atoms with van der Waals surface area (Å²) < 4.78 is 1.79. The van der Waals surface area contributed by atoms with Crippen LogP contribution in [0, 0.1) is 6.92 Å². The third kappa shape index (κ3) is 4.39. The average Bonchev–Trinajstić information content (AvgIpc) is 3.21. The Balaban J connectivity index is 1.51. The number of amides is 1. The first-order valence-electron chi connectivity index (χ1n) is 10.5. The molecule has 1 amide bonds. The van der Waals surface area contributed by atoms with Crippen LogP contribution in [-0.2, 0) is 7.05 Å². The van der Waals surface area contributed by atoms with Gasteiger partial charge in [0.15, 0.2) is 0 Å². The summed E-state index contributed by atoms with van der Waals surface area (Å²) in [7, 11) is 1.91. The molecule has 0 aliphatic carbocycles. The van der Waals surface area contributed by atoms with E-state index in [2.05, 4.69) is 44.9 Å². The second kappa shape index (κ2) is 8.71. The number of aryl methyl sites for hydroxylation is 2. The highest BCUT2D eigenvalue weighted by atomic mass is 16.1. The summed E-state index contributed by atoms with van der Waals surface area (Å²) in [4.78, 5) is 15.4. The van der Waals surface area contributed by atoms with Crippen molar-refractivity contribution in [1.29, 1.82) is 0 Å². The molecule has 6 heteroatoms. The van der Waals surface area contributed by atoms with E-state index in [1.165, 1.54) is 0 Å². The van der Waals surface area contributed by atoms with Crippen molar-refractivity contribution in [3.63, 3.8) is 0 Å². The highest BCUT2D eigenvalue weighted by Crippen LogP contribution is 2.24. The summed E-state index contributed by atoms with van der Waals surface area (Å²) in [5.41, 5.74) is 6.07. The fourth-order valence-electron chi connectivity index (χ4n) is 3.89. The summed E-state index contributed by atoms with van der Waals surface area (Å²) in [6, 6.07) is 14.3. The van der Waals surface area contributed by atoms with Gasteiger partial charge in [0.2, 0.25) is 0 Å². The molecule has 0 radical (unpaired) electrons. The molecule has 156 valence electrons. The third-order valence-corrected chi connectivity index (χ3v) is 5.72. The summed E-state index contributed by atoms with van der Waals surface area (Å²) in [5, 5.41) is 10.8. The van der Waals surface area contributed by atoms with Gasteiger partial charge >= 0.3 is 0 Å². The van der Waals surface area contributed by atoms with Crippen molar-refractivity contribution in [3.05, 3.63) is 71.5 Å². The van der Waals surface area contributed by atoms with E-state index < -0.39 is 0 Å². The maximum atomic E-state index is 13.1. The summed E-state index contributed by atoms with van der Waals surface area (Å²) in [6.07, 6.45) is 3.85. The van der Waals surface area contributed by atoms with Crippen LogP contribution in [-0.4, -0.2) is 41.9 Å². The van der Waals surface area contributed by atoms with E-state index in [9.17, 15) is 4.79 Å². The van der Waals surface area contributed by atoms with Crippen molar-refractivity contribution in [1.82, 2.24) is 20.4 Å². The molecule has 30 heavy (non-hydrogen) atoms. The average molecular weight is 404 g/mol. The van der Waals surface area contributed by atoms with E-state index in [0.717, 1.165) is 59.7 Å². The molecule has 2 heterocycles. The predicted molar refractivity (Wildman–Crippen MR) is 121 cm³/mol. The van der Waals surface area contributed by atoms with Gasteiger partial charge in [-0.15, -0.1) is 0 Å². The first kappa shape index (κ1) is 20.2. The van der Waals surface area contributed by atoms with E-state index in [0.29, 0.717) is 0 Å². The standard InChI is InChI=1S/C24H29N5O/c1-17-7-8-22(29-11-9-25-10-12-29)14-23(17)24(30)27-18(2)19-5-4-6-20(13-19)21-15-26-28(3)16-21/h4-8,13-16,18,25H,9-12H2,1-3H3,(H,27,30)/t18-/m1/s1. The van der Waals surface area contributed by atoms with Gasteiger partial charge in [0.25, 0.3) is 5.91 Å². The van der Waals surface area contributed by atoms with Gasteiger partial charge in [-0.05, 0) is 48.7 Å². The zero-order valence-corrected chi connectivity index (χ0v) is 17.9. The molecular weight excluding hydrogens is 374 g/mol. The van der Waals surface area contributed by atoms with Gasteiger partial charge in [0, 0.05) is 56.2 Å². The van der Waals surface area contributed by atoms with E-state index in [1.807, 2.05) is 51.5 Å². The molecule has 0 bridgehead atoms. The first-order valence-corrected chi connectivity index (χ1v) is 10.5. The molecule has 4 rings (SSSR count). The Kier molecular flexibility index (Phi) is 5.86. The van der Waals surface area contributed by atoms with Crippen LogP contribution in [0.3, 0.4) is 0 Å². The van der Waals surface area contributed by atoms with Gasteiger partial charge in [0.05, 0.1) is 12.2 Å². The number of anilines is 1. The fourth-order valence-corrected chi connectivity index (χ4v) is 3.89. The fraction of sp³-hybridized carbons (Fsp3) is 0.333. The van der Waals surface area contributed by atoms with E-state index >= 15 is 0 Å². The number of carbonyl (C=O) groups excluding carboxylic acids is 1. The maximum absolute atomic E-state index is 13.1. The number of hydrogen-bond donors (Lipinski definition) is 2. The molecule has 1 saturated heterocycles. The second-order valence-electron chi connectivity index (χ2n) is 7.96. The molecular formula is C24H29N5O. The highest BCUT2D eigenvalue weighted by Gasteiger charge is 2.17. The number of carbonyl (C=O) groups is 1. The molecule has 1 aromatic heterocycles. The topological polar surface area (TPSA) is 62.2 Å². The minimum absolute atomic E-state index is 0.0382. The lowest BCUT2D eigenvalue weighted by Gasteiger charge is -2.30. The number of aromatic nitrogens is 2. The minimum atomic E-state index is -0.101. The number of nitrogens with one attached hydrogen (secondary N) is 2. The van der Waals surface area contributed by atoms with Crippen molar-refractivity contribution in [2.45, 2.75) is 19.9 Å². The Morgan fingerprint density at radius 1 is 1.13 bits per heavy atom. The number of benzene rings is 2. The van der Waals surface area contributed by atoms with Gasteiger partial charge in [-0.2, -0.15) is 5.10 Å². The Bertz CT molecular complexity index is 1040. The third-order valence-electron chi connectivity index (χ3n) is 5.72. The summed E-state index contributed by atoms with van der Waals surface area (Å²) >= 11 is 0. The van der Waals surface area contributed by atoms with Crippen LogP contribution in [0.1, 0.15) is 34.5 Å². The maximum Gasteiger partial charge on any atom is 0.252 e. The van der Waals surface area contributed by atoms with Gasteiger partial charge in [-0.3, -0.25) is 9.48 Å². The first-order chi connectivity index (χ1) is 14.5. The van der Waals surface area contributed by atoms with Gasteiger partial charge in [-0.25, -0.2) is 0 Å². The minimum Gasteiger partial charge on any atom is -0.369 e. The predicted octanol–water partition coefficient (Wildman–Crippen LogP) is 3.30. The lowest BCUT2D eigenvalue weighted by molar-refractivity contribution is 0.0939. The molecule has 6 nitrogen and oxygen atoms in total. The quantitative estimate of drug-likeness (QED) is 0.686. The molecule has 1 atom stereocenters. The van der Waals surface area contributed by atoms with E-state index in [1.54, 1.807) is 4.68 Å². The molecule has 1 aliphatic rings. The van der Waals surface area contributed by atoms with Crippen molar-refractivity contribution in [2.24, 2.45) is 7.05 Å². The van der Waals surface area contributed by atoms with Crippen molar-refractivity contribution in [2.75, 3.05) is 31.1 Å². The lowest BCUT2D eigenvalue weighted by atomic mass is 10.0. The van der Waals surface area contributed by atoms with Crippen molar-refractivity contribution in [3.8, 4) is 11.1 Å². The zero-order chi connectivity index (χ0) is 21.1. The van der Waals surface area contributed by atoms with Crippen LogP contribution in [0.25, 0.3) is 11.1 Å². The van der Waals surface area contributed by atoms with E-state index in [-0.39, 0.29) is 11.9 Å². The van der Waals surface area contributed by atoms with Crippen molar-refractivity contribution < 1.29 is 4.79 Å². The van der Waals surface area contributed by atoms with E-state index in [4.69, 9.17) is 0 Å². The monoisotopic (exact) mass is 403 g/mol. The summed E-state index contributed by atoms with van der Waals surface area (Å²) in [6.45, 7) is 7.88. The van der Waals surface area contributed by atoms with Crippen LogP contribution in [0.5, 0.6) is 0 Å². The molecule has 1 aliphatic heterocycles. The smallest absolute Gasteiger partial charge is 0.252 e. The van der Waals surface area contributed by atoms with Crippen molar-refractivity contribution >= 4 is 11.6 Å². The van der Waals surface area contributed by atoms with Crippen LogP contribution >= 0.6 is 0 Å². The Morgan fingerprint density at radius 2 is 1.93 bits per heavy atom. The normalized spacial score (nSPS) is 15.1. The zero-order valence-electron chi connectivity index (χ0n) is 17.9. The van der Waals surface area contributed by atoms with Crippen LogP contribution in [0.4, 0.5) is 5.69 Å². The second-order valence-corrected chi connectivity index (χ2v) is 7.96. The van der Waals surface area contributed by atoms with Gasteiger partial charge in [0.1, 0.15) is 0 Å². The Labute approximate surface area is 177 Å².